The fourth-order valence-electron chi connectivity index (χ4n) is 4.23. The lowest BCUT2D eigenvalue weighted by molar-refractivity contribution is -0.137. The Morgan fingerprint density at radius 1 is 1.09 bits per heavy atom. The van der Waals surface area contributed by atoms with Gasteiger partial charge < -0.3 is 11.1 Å². The van der Waals surface area contributed by atoms with Crippen molar-refractivity contribution in [3.8, 4) is 0 Å². The first-order chi connectivity index (χ1) is 15.4. The highest BCUT2D eigenvalue weighted by Gasteiger charge is 2.31. The largest absolute Gasteiger partial charge is 0.416 e. The van der Waals surface area contributed by atoms with Crippen LogP contribution in [0.1, 0.15) is 54.2 Å². The van der Waals surface area contributed by atoms with Gasteiger partial charge in [0.15, 0.2) is 0 Å². The number of benzene rings is 2. The Hall–Kier alpha value is -2.88. The highest BCUT2D eigenvalue weighted by molar-refractivity contribution is 7.91. The quantitative estimate of drug-likeness (QED) is 0.512. The van der Waals surface area contributed by atoms with Gasteiger partial charge in [0, 0.05) is 11.1 Å². The molecule has 6 nitrogen and oxygen atoms in total. The molecule has 2 aromatic carbocycles. The molecule has 2 heterocycles. The van der Waals surface area contributed by atoms with E-state index in [0.717, 1.165) is 23.1 Å². The number of nitrogens with one attached hydrogen (secondary N) is 1. The molecule has 1 fully saturated rings. The van der Waals surface area contributed by atoms with Crippen molar-refractivity contribution in [2.24, 2.45) is 0 Å². The van der Waals surface area contributed by atoms with Gasteiger partial charge in [-0.1, -0.05) is 6.07 Å². The molecule has 10 heteroatoms. The Morgan fingerprint density at radius 3 is 2.45 bits per heavy atom. The van der Waals surface area contributed by atoms with Crippen LogP contribution in [0.2, 0.25) is 0 Å². The number of anilines is 2. The Labute approximate surface area is 190 Å². The molecule has 4 rings (SSSR count). The number of alkyl halides is 3. The standard InChI is InChI=1S/C23H25F3N4O2S/c1-13(17-9-18(23(24,25)26)12-19(27)10-17)28-22-20-11-16(3-4-21(20)29-14(2)30-22)15-5-7-33(31,32)8-6-15/h3-4,9-13,15H,5-8,27H2,1-2H3,(H,28,29,30)/t13-/m1/s1. The number of hydrogen-bond acceptors (Lipinski definition) is 6. The Kier molecular flexibility index (Phi) is 5.98. The molecule has 0 amide bonds. The average Bonchev–Trinajstić information content (AvgIpc) is 2.72. The first-order valence-corrected chi connectivity index (χ1v) is 12.5. The predicted octanol–water partition coefficient (Wildman–Crippen LogP) is 5.00. The molecule has 3 aromatic rings. The van der Waals surface area contributed by atoms with Crippen molar-refractivity contribution >= 4 is 32.2 Å². The summed E-state index contributed by atoms with van der Waals surface area (Å²) in [6, 6.07) is 8.79. The van der Waals surface area contributed by atoms with Gasteiger partial charge in [0.1, 0.15) is 21.5 Å². The average molecular weight is 479 g/mol. The van der Waals surface area contributed by atoms with Crippen molar-refractivity contribution in [2.75, 3.05) is 22.6 Å². The van der Waals surface area contributed by atoms with E-state index in [4.69, 9.17) is 5.73 Å². The lowest BCUT2D eigenvalue weighted by Gasteiger charge is -2.23. The van der Waals surface area contributed by atoms with Crippen LogP contribution in [0.3, 0.4) is 0 Å². The summed E-state index contributed by atoms with van der Waals surface area (Å²) in [6.45, 7) is 3.49. The molecule has 0 bridgehead atoms. The van der Waals surface area contributed by atoms with Crippen molar-refractivity contribution in [3.63, 3.8) is 0 Å². The maximum Gasteiger partial charge on any atom is 0.416 e. The summed E-state index contributed by atoms with van der Waals surface area (Å²) in [4.78, 5) is 8.97. The Morgan fingerprint density at radius 2 is 1.79 bits per heavy atom. The fourth-order valence-corrected chi connectivity index (χ4v) is 5.72. The maximum atomic E-state index is 13.2. The number of fused-ring (bicyclic) bond motifs is 1. The van der Waals surface area contributed by atoms with Crippen molar-refractivity contribution in [2.45, 2.75) is 44.8 Å². The zero-order valence-electron chi connectivity index (χ0n) is 18.3. The number of nitrogens with two attached hydrogens (primary N) is 1. The van der Waals surface area contributed by atoms with Gasteiger partial charge in [-0.25, -0.2) is 18.4 Å². The van der Waals surface area contributed by atoms with Gasteiger partial charge in [-0.2, -0.15) is 13.2 Å². The highest BCUT2D eigenvalue weighted by atomic mass is 32.2. The van der Waals surface area contributed by atoms with Crippen LogP contribution < -0.4 is 11.1 Å². The second-order valence-electron chi connectivity index (χ2n) is 8.57. The molecular weight excluding hydrogens is 453 g/mol. The molecule has 3 N–H and O–H groups in total. The molecule has 1 aromatic heterocycles. The maximum absolute atomic E-state index is 13.2. The van der Waals surface area contributed by atoms with Crippen LogP contribution in [0, 0.1) is 6.92 Å². The van der Waals surface area contributed by atoms with E-state index in [0.29, 0.717) is 35.6 Å². The van der Waals surface area contributed by atoms with E-state index in [1.807, 2.05) is 18.2 Å². The number of rotatable bonds is 4. The third kappa shape index (κ3) is 5.21. The van der Waals surface area contributed by atoms with Crippen molar-refractivity contribution in [3.05, 3.63) is 58.9 Å². The normalized spacial score (nSPS) is 17.7. The number of hydrogen-bond donors (Lipinski definition) is 2. The van der Waals surface area contributed by atoms with Crippen LogP contribution in [-0.2, 0) is 16.0 Å². The minimum atomic E-state index is -4.50. The summed E-state index contributed by atoms with van der Waals surface area (Å²) >= 11 is 0. The van der Waals surface area contributed by atoms with E-state index in [1.165, 1.54) is 6.07 Å². The van der Waals surface area contributed by atoms with E-state index in [1.54, 1.807) is 13.8 Å². The summed E-state index contributed by atoms with van der Waals surface area (Å²) in [5.41, 5.74) is 7.05. The zero-order chi connectivity index (χ0) is 24.0. The Bertz CT molecular complexity index is 1300. The van der Waals surface area contributed by atoms with Crippen LogP contribution in [0.4, 0.5) is 24.7 Å². The van der Waals surface area contributed by atoms with Gasteiger partial charge in [-0.05, 0) is 74.1 Å². The first-order valence-electron chi connectivity index (χ1n) is 10.6. The third-order valence-corrected chi connectivity index (χ3v) is 7.73. The SMILES string of the molecule is Cc1nc(N[C@H](C)c2cc(N)cc(C(F)(F)F)c2)c2cc(C3CCS(=O)(=O)CC3)ccc2n1. The summed E-state index contributed by atoms with van der Waals surface area (Å²) in [5, 5.41) is 3.96. The summed E-state index contributed by atoms with van der Waals surface area (Å²) in [6.07, 6.45) is -3.38. The van der Waals surface area contributed by atoms with Gasteiger partial charge in [-0.15, -0.1) is 0 Å². The molecule has 1 atom stereocenters. The number of nitrogens with zero attached hydrogens (tertiary/aromatic N) is 2. The lowest BCUT2D eigenvalue weighted by Crippen LogP contribution is -2.22. The molecule has 1 aliphatic rings. The van der Waals surface area contributed by atoms with Crippen molar-refractivity contribution in [1.82, 2.24) is 9.97 Å². The molecule has 0 aliphatic carbocycles. The number of aromatic nitrogens is 2. The van der Waals surface area contributed by atoms with E-state index >= 15 is 0 Å². The van der Waals surface area contributed by atoms with Crippen LogP contribution in [-0.4, -0.2) is 29.9 Å². The second-order valence-corrected chi connectivity index (χ2v) is 10.9. The monoisotopic (exact) mass is 478 g/mol. The molecule has 1 aliphatic heterocycles. The topological polar surface area (TPSA) is 98.0 Å². The van der Waals surface area contributed by atoms with Crippen LogP contribution >= 0.6 is 0 Å². The van der Waals surface area contributed by atoms with E-state index < -0.39 is 27.6 Å². The first kappa shape index (κ1) is 23.3. The van der Waals surface area contributed by atoms with Gasteiger partial charge in [-0.3, -0.25) is 0 Å². The Balaban J connectivity index is 1.68. The van der Waals surface area contributed by atoms with E-state index in [2.05, 4.69) is 15.3 Å². The van der Waals surface area contributed by atoms with Crippen molar-refractivity contribution < 1.29 is 21.6 Å². The van der Waals surface area contributed by atoms with Gasteiger partial charge in [0.05, 0.1) is 28.6 Å². The smallest absolute Gasteiger partial charge is 0.399 e. The van der Waals surface area contributed by atoms with E-state index in [9.17, 15) is 21.6 Å². The lowest BCUT2D eigenvalue weighted by atomic mass is 9.92. The highest BCUT2D eigenvalue weighted by Crippen LogP contribution is 2.35. The zero-order valence-corrected chi connectivity index (χ0v) is 19.1. The molecule has 176 valence electrons. The summed E-state index contributed by atoms with van der Waals surface area (Å²) in [5.74, 6) is 1.48. The summed E-state index contributed by atoms with van der Waals surface area (Å²) < 4.78 is 63.3. The number of nitrogen functional groups attached to an aromatic ring is 1. The molecule has 0 saturated carbocycles. The van der Waals surface area contributed by atoms with E-state index in [-0.39, 0.29) is 23.1 Å². The molecule has 0 unspecified atom stereocenters. The fraction of sp³-hybridized carbons (Fsp3) is 0.391. The number of aryl methyl sites for hydroxylation is 1. The van der Waals surface area contributed by atoms with Crippen molar-refractivity contribution in [1.29, 1.82) is 0 Å². The van der Waals surface area contributed by atoms with Gasteiger partial charge in [0.25, 0.3) is 0 Å². The van der Waals surface area contributed by atoms with Crippen LogP contribution in [0.5, 0.6) is 0 Å². The number of halogens is 3. The second kappa shape index (κ2) is 8.48. The number of sulfone groups is 1. The minimum Gasteiger partial charge on any atom is -0.399 e. The van der Waals surface area contributed by atoms with Gasteiger partial charge >= 0.3 is 6.18 Å². The molecule has 1 saturated heterocycles. The molecule has 33 heavy (non-hydrogen) atoms. The predicted molar refractivity (Wildman–Crippen MR) is 123 cm³/mol. The molecular formula is C23H25F3N4O2S. The third-order valence-electron chi connectivity index (χ3n) is 6.02. The summed E-state index contributed by atoms with van der Waals surface area (Å²) in [7, 11) is -2.97. The molecule has 0 spiro atoms. The molecule has 0 radical (unpaired) electrons. The van der Waals surface area contributed by atoms with Gasteiger partial charge in [0.2, 0.25) is 0 Å². The van der Waals surface area contributed by atoms with Crippen LogP contribution in [0.15, 0.2) is 36.4 Å². The van der Waals surface area contributed by atoms with Crippen LogP contribution in [0.25, 0.3) is 10.9 Å². The minimum absolute atomic E-state index is 0.0340.